The second-order valence-corrected chi connectivity index (χ2v) is 10.6. The summed E-state index contributed by atoms with van der Waals surface area (Å²) in [5.74, 6) is -9.02. The van der Waals surface area contributed by atoms with E-state index in [1.165, 1.54) is 0 Å². The second kappa shape index (κ2) is 27.2. The monoisotopic (exact) mass is 712 g/mol. The fourth-order valence-corrected chi connectivity index (χ4v) is 4.92. The first kappa shape index (κ1) is 47.5. The van der Waals surface area contributed by atoms with E-state index in [2.05, 4.69) is 0 Å². The van der Waals surface area contributed by atoms with E-state index in [0.717, 1.165) is 19.3 Å². The zero-order chi connectivity index (χ0) is 37.1. The molecule has 14 heteroatoms. The number of unbranched alkanes of at least 4 members (excludes halogenated alkanes) is 4. The minimum Gasteiger partial charge on any atom is -0.401 e. The molecule has 2 unspecified atom stereocenters. The van der Waals surface area contributed by atoms with Crippen LogP contribution < -0.4 is 0 Å². The number of hydrogen-bond donors (Lipinski definition) is 0. The van der Waals surface area contributed by atoms with Crippen molar-refractivity contribution in [1.29, 1.82) is 0 Å². The lowest BCUT2D eigenvalue weighted by molar-refractivity contribution is -0.549. The zero-order valence-electron chi connectivity index (χ0n) is 32.2. The van der Waals surface area contributed by atoms with Gasteiger partial charge in [-0.15, -0.1) is 0 Å². The third-order valence-electron chi connectivity index (χ3n) is 6.68. The Labute approximate surface area is 295 Å². The van der Waals surface area contributed by atoms with Gasteiger partial charge in [-0.1, -0.05) is 33.1 Å². The second-order valence-electron chi connectivity index (χ2n) is 10.6. The molecule has 0 saturated heterocycles. The van der Waals surface area contributed by atoms with Gasteiger partial charge in [0.2, 0.25) is 0 Å². The highest BCUT2D eigenvalue weighted by Crippen LogP contribution is 2.38. The fourth-order valence-electron chi connectivity index (χ4n) is 4.92. The Hall–Kier alpha value is -1.46. The molecular formula is C35H68O14. The molecule has 2 atom stereocenters. The molecule has 0 aromatic rings. The first-order valence-electron chi connectivity index (χ1n) is 18.4. The molecule has 0 aliphatic heterocycles. The summed E-state index contributed by atoms with van der Waals surface area (Å²) in [7, 11) is 0. The van der Waals surface area contributed by atoms with Crippen LogP contribution in [0.25, 0.3) is 0 Å². The number of ether oxygens (including phenoxy) is 12. The van der Waals surface area contributed by atoms with Crippen LogP contribution in [0.4, 0.5) is 0 Å². The standard InChI is InChI=1S/C35H68O14/c1-11-28-46-34(44-19-9,32(38-13-3,39-14-4)40-15-5)48-30(36)26-24-22-21-23-25-27-31(37)49-35(45-20-10,47-29-12-2)33(41-16-6,42-17-7)43-18-8/h11-29H2,1-10H3. The fraction of sp³-hybridized carbons (Fsp3) is 0.943. The number of rotatable bonds is 34. The number of hydrogen-bond acceptors (Lipinski definition) is 14. The smallest absolute Gasteiger partial charge is 0.401 e. The van der Waals surface area contributed by atoms with Crippen molar-refractivity contribution in [2.45, 2.75) is 151 Å². The summed E-state index contributed by atoms with van der Waals surface area (Å²) in [5, 5.41) is 0. The summed E-state index contributed by atoms with van der Waals surface area (Å²) in [6, 6.07) is 0. The van der Waals surface area contributed by atoms with Crippen LogP contribution in [0.15, 0.2) is 0 Å². The molecule has 0 aromatic heterocycles. The van der Waals surface area contributed by atoms with E-state index in [0.29, 0.717) is 25.7 Å². The van der Waals surface area contributed by atoms with Crippen molar-refractivity contribution in [3.63, 3.8) is 0 Å². The van der Waals surface area contributed by atoms with Crippen LogP contribution in [0, 0.1) is 0 Å². The zero-order valence-corrected chi connectivity index (χ0v) is 32.2. The van der Waals surface area contributed by atoms with E-state index in [1.807, 2.05) is 13.8 Å². The molecule has 0 heterocycles. The van der Waals surface area contributed by atoms with E-state index in [1.54, 1.807) is 55.4 Å². The molecule has 0 fully saturated rings. The van der Waals surface area contributed by atoms with Gasteiger partial charge >= 0.3 is 35.8 Å². The van der Waals surface area contributed by atoms with Crippen molar-refractivity contribution < 1.29 is 66.4 Å². The maximum atomic E-state index is 13.2. The Kier molecular flexibility index (Phi) is 26.4. The lowest BCUT2D eigenvalue weighted by Crippen LogP contribution is -2.65. The summed E-state index contributed by atoms with van der Waals surface area (Å²) < 4.78 is 70.9. The number of carbonyl (C=O) groups excluding carboxylic acids is 2. The Bertz CT molecular complexity index is 743. The molecule has 0 aliphatic carbocycles. The van der Waals surface area contributed by atoms with Crippen LogP contribution in [0.2, 0.25) is 0 Å². The van der Waals surface area contributed by atoms with Gasteiger partial charge in [0.25, 0.3) is 0 Å². The highest BCUT2D eigenvalue weighted by Gasteiger charge is 2.64. The molecule has 0 rings (SSSR count). The molecule has 0 aromatic carbocycles. The largest absolute Gasteiger partial charge is 0.416 e. The van der Waals surface area contributed by atoms with Gasteiger partial charge in [0.1, 0.15) is 0 Å². The third kappa shape index (κ3) is 15.0. The molecule has 14 nitrogen and oxygen atoms in total. The summed E-state index contributed by atoms with van der Waals surface area (Å²) in [4.78, 5) is 26.3. The van der Waals surface area contributed by atoms with Gasteiger partial charge in [-0.2, -0.15) is 0 Å². The van der Waals surface area contributed by atoms with Gasteiger partial charge in [-0.3, -0.25) is 9.59 Å². The van der Waals surface area contributed by atoms with Gasteiger partial charge in [0.05, 0.1) is 26.4 Å². The van der Waals surface area contributed by atoms with Crippen LogP contribution in [-0.4, -0.2) is 102 Å². The Balaban J connectivity index is 5.42. The van der Waals surface area contributed by atoms with E-state index < -0.39 is 35.8 Å². The van der Waals surface area contributed by atoms with E-state index in [9.17, 15) is 9.59 Å². The quantitative estimate of drug-likeness (QED) is 0.0403. The Morgan fingerprint density at radius 2 is 0.592 bits per heavy atom. The molecular weight excluding hydrogens is 644 g/mol. The average molecular weight is 713 g/mol. The Morgan fingerprint density at radius 1 is 0.347 bits per heavy atom. The molecule has 0 aliphatic rings. The van der Waals surface area contributed by atoms with Gasteiger partial charge < -0.3 is 56.8 Å². The number of esters is 2. The van der Waals surface area contributed by atoms with Gasteiger partial charge in [-0.05, 0) is 81.1 Å². The van der Waals surface area contributed by atoms with Crippen LogP contribution in [0.1, 0.15) is 127 Å². The summed E-state index contributed by atoms with van der Waals surface area (Å²) in [6.45, 7) is 19.9. The van der Waals surface area contributed by atoms with Crippen LogP contribution in [0.3, 0.4) is 0 Å². The predicted molar refractivity (Wildman–Crippen MR) is 181 cm³/mol. The van der Waals surface area contributed by atoms with Crippen molar-refractivity contribution in [1.82, 2.24) is 0 Å². The summed E-state index contributed by atoms with van der Waals surface area (Å²) in [6.07, 6.45) is 4.77. The molecule has 0 radical (unpaired) electrons. The topological polar surface area (TPSA) is 145 Å². The van der Waals surface area contributed by atoms with Crippen molar-refractivity contribution in [3.8, 4) is 0 Å². The molecule has 0 N–H and O–H groups in total. The minimum atomic E-state index is -2.06. The lowest BCUT2D eigenvalue weighted by Gasteiger charge is -2.44. The first-order valence-corrected chi connectivity index (χ1v) is 18.4. The normalized spacial score (nSPS) is 14.7. The van der Waals surface area contributed by atoms with Crippen LogP contribution in [0.5, 0.6) is 0 Å². The highest BCUT2D eigenvalue weighted by molar-refractivity contribution is 5.70. The van der Waals surface area contributed by atoms with Gasteiger partial charge in [0, 0.05) is 52.5 Å². The van der Waals surface area contributed by atoms with Gasteiger partial charge in [-0.25, -0.2) is 0 Å². The Morgan fingerprint density at radius 3 is 0.837 bits per heavy atom. The van der Waals surface area contributed by atoms with Crippen molar-refractivity contribution in [3.05, 3.63) is 0 Å². The van der Waals surface area contributed by atoms with E-state index >= 15 is 0 Å². The maximum absolute atomic E-state index is 13.2. The minimum absolute atomic E-state index is 0.104. The third-order valence-corrected chi connectivity index (χ3v) is 6.68. The molecule has 0 spiro atoms. The summed E-state index contributed by atoms with van der Waals surface area (Å²) in [5.41, 5.74) is 0. The lowest BCUT2D eigenvalue weighted by atomic mass is 10.1. The first-order chi connectivity index (χ1) is 23.6. The van der Waals surface area contributed by atoms with Crippen molar-refractivity contribution in [2.75, 3.05) is 66.1 Å². The van der Waals surface area contributed by atoms with Crippen molar-refractivity contribution >= 4 is 11.9 Å². The molecule has 49 heavy (non-hydrogen) atoms. The van der Waals surface area contributed by atoms with Crippen molar-refractivity contribution in [2.24, 2.45) is 0 Å². The molecule has 0 amide bonds. The van der Waals surface area contributed by atoms with Crippen LogP contribution >= 0.6 is 0 Å². The average Bonchev–Trinajstić information content (AvgIpc) is 3.06. The SMILES string of the molecule is CCCOC(OCC)(OC(=O)CCCCCCCC(=O)OC(OCC)(OCCC)C(OCC)(OCC)OCC)C(OCC)(OCC)OCC. The summed E-state index contributed by atoms with van der Waals surface area (Å²) >= 11 is 0. The van der Waals surface area contributed by atoms with E-state index in [4.69, 9.17) is 56.8 Å². The van der Waals surface area contributed by atoms with E-state index in [-0.39, 0.29) is 78.9 Å². The number of carbonyl (C=O) groups is 2. The highest BCUT2D eigenvalue weighted by atomic mass is 17.0. The molecule has 292 valence electrons. The predicted octanol–water partition coefficient (Wildman–Crippen LogP) is 6.56. The van der Waals surface area contributed by atoms with Crippen LogP contribution in [-0.2, 0) is 66.4 Å². The molecule has 0 saturated carbocycles. The van der Waals surface area contributed by atoms with Gasteiger partial charge in [0.15, 0.2) is 0 Å². The maximum Gasteiger partial charge on any atom is 0.416 e. The molecule has 0 bridgehead atoms.